The average Bonchev–Trinajstić information content (AvgIpc) is 3.28. The maximum absolute atomic E-state index is 4.82. The second-order valence-corrected chi connectivity index (χ2v) is 7.45. The van der Waals surface area contributed by atoms with Gasteiger partial charge in [0, 0.05) is 23.9 Å². The Bertz CT molecular complexity index is 1070. The summed E-state index contributed by atoms with van der Waals surface area (Å²) in [6.07, 6.45) is 1.89. The summed E-state index contributed by atoms with van der Waals surface area (Å²) in [6, 6.07) is 16.6. The van der Waals surface area contributed by atoms with Gasteiger partial charge in [0.25, 0.3) is 0 Å². The first-order chi connectivity index (χ1) is 14.1. The Morgan fingerprint density at radius 3 is 2.55 bits per heavy atom. The number of anilines is 1. The Hall–Kier alpha value is -3.41. The zero-order chi connectivity index (χ0) is 20.2. The van der Waals surface area contributed by atoms with Crippen LogP contribution in [0.5, 0.6) is 0 Å². The van der Waals surface area contributed by atoms with Gasteiger partial charge in [0.1, 0.15) is 12.4 Å². The van der Waals surface area contributed by atoms with Crippen LogP contribution in [0.3, 0.4) is 0 Å². The lowest BCUT2D eigenvalue weighted by Gasteiger charge is -2.14. The molecule has 0 saturated heterocycles. The van der Waals surface area contributed by atoms with E-state index in [4.69, 9.17) is 4.98 Å². The van der Waals surface area contributed by atoms with Gasteiger partial charge < -0.3 is 5.32 Å². The number of aryl methyl sites for hydroxylation is 1. The van der Waals surface area contributed by atoms with Crippen LogP contribution in [0.2, 0.25) is 0 Å². The van der Waals surface area contributed by atoms with Crippen molar-refractivity contribution in [3.05, 3.63) is 77.0 Å². The number of hydrogen-bond acceptors (Lipinski definition) is 6. The molecule has 3 aromatic rings. The van der Waals surface area contributed by atoms with Gasteiger partial charge in [0.2, 0.25) is 0 Å². The molecule has 0 saturated carbocycles. The van der Waals surface area contributed by atoms with Gasteiger partial charge in [-0.2, -0.15) is 5.11 Å². The SMILES string of the molecule is Cc1cnc(-c2ccccc2C(C)C)nc1NCc1ccc(C2=NN=NC2)cc1. The van der Waals surface area contributed by atoms with Gasteiger partial charge in [-0.15, -0.1) is 5.10 Å². The summed E-state index contributed by atoms with van der Waals surface area (Å²) in [6.45, 7) is 7.64. The molecule has 6 nitrogen and oxygen atoms in total. The lowest BCUT2D eigenvalue weighted by molar-refractivity contribution is 0.866. The summed E-state index contributed by atoms with van der Waals surface area (Å²) < 4.78 is 0. The smallest absolute Gasteiger partial charge is 0.161 e. The molecule has 0 unspecified atom stereocenters. The third-order valence-corrected chi connectivity index (χ3v) is 4.99. The first-order valence-electron chi connectivity index (χ1n) is 9.81. The third kappa shape index (κ3) is 4.21. The molecule has 0 atom stereocenters. The Balaban J connectivity index is 1.52. The van der Waals surface area contributed by atoms with Crippen molar-refractivity contribution < 1.29 is 0 Å². The highest BCUT2D eigenvalue weighted by Crippen LogP contribution is 2.28. The minimum absolute atomic E-state index is 0.413. The lowest BCUT2D eigenvalue weighted by atomic mass is 9.97. The minimum atomic E-state index is 0.413. The normalized spacial score (nSPS) is 13.0. The van der Waals surface area contributed by atoms with E-state index in [0.717, 1.165) is 34.0 Å². The van der Waals surface area contributed by atoms with Crippen LogP contribution >= 0.6 is 0 Å². The zero-order valence-corrected chi connectivity index (χ0v) is 16.9. The highest BCUT2D eigenvalue weighted by atomic mass is 15.4. The molecule has 1 aliphatic heterocycles. The summed E-state index contributed by atoms with van der Waals surface area (Å²) in [5, 5.41) is 15.1. The van der Waals surface area contributed by atoms with E-state index in [1.807, 2.05) is 19.2 Å². The minimum Gasteiger partial charge on any atom is -0.366 e. The average molecular weight is 384 g/mol. The van der Waals surface area contributed by atoms with Gasteiger partial charge >= 0.3 is 0 Å². The predicted molar refractivity (Wildman–Crippen MR) is 116 cm³/mol. The van der Waals surface area contributed by atoms with Gasteiger partial charge in [-0.3, -0.25) is 0 Å². The largest absolute Gasteiger partial charge is 0.366 e. The van der Waals surface area contributed by atoms with E-state index >= 15 is 0 Å². The number of nitrogens with zero attached hydrogens (tertiary/aromatic N) is 5. The molecule has 4 rings (SSSR count). The van der Waals surface area contributed by atoms with Crippen LogP contribution in [0.25, 0.3) is 11.4 Å². The van der Waals surface area contributed by atoms with Crippen LogP contribution in [-0.4, -0.2) is 22.2 Å². The Kier molecular flexibility index (Phi) is 5.42. The molecular weight excluding hydrogens is 360 g/mol. The van der Waals surface area contributed by atoms with Crippen LogP contribution < -0.4 is 5.32 Å². The number of benzene rings is 2. The van der Waals surface area contributed by atoms with Crippen molar-refractivity contribution >= 4 is 11.5 Å². The predicted octanol–water partition coefficient (Wildman–Crippen LogP) is 5.36. The molecule has 0 fully saturated rings. The van der Waals surface area contributed by atoms with Crippen molar-refractivity contribution in [2.45, 2.75) is 33.2 Å². The fourth-order valence-corrected chi connectivity index (χ4v) is 3.32. The molecule has 146 valence electrons. The van der Waals surface area contributed by atoms with E-state index < -0.39 is 0 Å². The van der Waals surface area contributed by atoms with Crippen molar-refractivity contribution in [1.29, 1.82) is 0 Å². The number of hydrogen-bond donors (Lipinski definition) is 1. The molecule has 6 heteroatoms. The van der Waals surface area contributed by atoms with Crippen LogP contribution in [0.1, 0.15) is 42.0 Å². The fourth-order valence-electron chi connectivity index (χ4n) is 3.32. The lowest BCUT2D eigenvalue weighted by Crippen LogP contribution is -2.06. The third-order valence-electron chi connectivity index (χ3n) is 4.99. The first kappa shape index (κ1) is 18.9. The second-order valence-electron chi connectivity index (χ2n) is 7.45. The fraction of sp³-hybridized carbons (Fsp3) is 0.261. The summed E-state index contributed by atoms with van der Waals surface area (Å²) in [5.41, 5.74) is 6.50. The van der Waals surface area contributed by atoms with Crippen LogP contribution in [0.15, 0.2) is 70.2 Å². The molecule has 0 spiro atoms. The van der Waals surface area contributed by atoms with Gasteiger partial charge in [-0.1, -0.05) is 62.4 Å². The van der Waals surface area contributed by atoms with Gasteiger partial charge in [-0.25, -0.2) is 9.97 Å². The number of nitrogens with one attached hydrogen (secondary N) is 1. The molecule has 1 aromatic heterocycles. The van der Waals surface area contributed by atoms with Gasteiger partial charge in [-0.05, 0) is 34.8 Å². The molecule has 0 amide bonds. The van der Waals surface area contributed by atoms with E-state index in [2.05, 4.69) is 82.1 Å². The Labute approximate surface area is 170 Å². The van der Waals surface area contributed by atoms with Gasteiger partial charge in [0.15, 0.2) is 5.82 Å². The first-order valence-corrected chi connectivity index (χ1v) is 9.81. The van der Waals surface area contributed by atoms with Crippen molar-refractivity contribution in [2.24, 2.45) is 15.4 Å². The Morgan fingerprint density at radius 1 is 1.03 bits per heavy atom. The Morgan fingerprint density at radius 2 is 1.83 bits per heavy atom. The molecule has 0 radical (unpaired) electrons. The summed E-state index contributed by atoms with van der Waals surface area (Å²) >= 11 is 0. The molecule has 29 heavy (non-hydrogen) atoms. The number of rotatable bonds is 6. The van der Waals surface area contributed by atoms with Crippen molar-refractivity contribution in [1.82, 2.24) is 9.97 Å². The molecule has 2 heterocycles. The van der Waals surface area contributed by atoms with E-state index in [1.165, 1.54) is 11.1 Å². The van der Waals surface area contributed by atoms with Gasteiger partial charge in [0.05, 0.1) is 5.71 Å². The standard InChI is InChI=1S/C23H24N6/c1-15(2)19-6-4-5-7-20(19)23-24-12-16(3)22(27-23)25-13-17-8-10-18(11-9-17)21-14-26-29-28-21/h4-12,15H,13-14H2,1-3H3,(H,24,25,27). The van der Waals surface area contributed by atoms with Crippen molar-refractivity contribution in [3.8, 4) is 11.4 Å². The van der Waals surface area contributed by atoms with Crippen molar-refractivity contribution in [2.75, 3.05) is 11.9 Å². The number of aromatic nitrogens is 2. The maximum Gasteiger partial charge on any atom is 0.161 e. The topological polar surface area (TPSA) is 74.9 Å². The highest BCUT2D eigenvalue weighted by molar-refractivity contribution is 6.02. The monoisotopic (exact) mass is 384 g/mol. The van der Waals surface area contributed by atoms with Crippen molar-refractivity contribution in [3.63, 3.8) is 0 Å². The molecule has 0 bridgehead atoms. The van der Waals surface area contributed by atoms with E-state index in [1.54, 1.807) is 0 Å². The quantitative estimate of drug-likeness (QED) is 0.622. The van der Waals surface area contributed by atoms with Crippen LogP contribution in [0, 0.1) is 6.92 Å². The summed E-state index contributed by atoms with van der Waals surface area (Å²) in [5.74, 6) is 2.02. The van der Waals surface area contributed by atoms with E-state index in [0.29, 0.717) is 19.0 Å². The molecule has 2 aromatic carbocycles. The second kappa shape index (κ2) is 8.31. The molecular formula is C23H24N6. The van der Waals surface area contributed by atoms with Crippen LogP contribution in [0.4, 0.5) is 5.82 Å². The van der Waals surface area contributed by atoms with E-state index in [9.17, 15) is 0 Å². The maximum atomic E-state index is 4.82. The molecule has 1 N–H and O–H groups in total. The highest BCUT2D eigenvalue weighted by Gasteiger charge is 2.12. The summed E-state index contributed by atoms with van der Waals surface area (Å²) in [4.78, 5) is 9.40. The molecule has 1 aliphatic rings. The summed E-state index contributed by atoms with van der Waals surface area (Å²) in [7, 11) is 0. The molecule has 0 aliphatic carbocycles. The van der Waals surface area contributed by atoms with Crippen LogP contribution in [-0.2, 0) is 6.54 Å². The zero-order valence-electron chi connectivity index (χ0n) is 16.9. The van der Waals surface area contributed by atoms with E-state index in [-0.39, 0.29) is 0 Å².